The number of aryl methyl sites for hydroxylation is 2. The average Bonchev–Trinajstić information content (AvgIpc) is 3.60. The van der Waals surface area contributed by atoms with E-state index in [4.69, 9.17) is 19.9 Å². The lowest BCUT2D eigenvalue weighted by Gasteiger charge is -2.31. The van der Waals surface area contributed by atoms with E-state index in [9.17, 15) is 12.8 Å². The van der Waals surface area contributed by atoms with Gasteiger partial charge in [0.2, 0.25) is 10.0 Å². The summed E-state index contributed by atoms with van der Waals surface area (Å²) in [5.74, 6) is 3.22. The molecule has 0 spiro atoms. The first kappa shape index (κ1) is 25.8. The molecule has 6 rings (SSSR count). The average molecular weight is 555 g/mol. The van der Waals surface area contributed by atoms with Crippen molar-refractivity contribution in [1.29, 1.82) is 0 Å². The number of furan rings is 1. The van der Waals surface area contributed by atoms with Crippen LogP contribution in [0.25, 0.3) is 22.5 Å². The van der Waals surface area contributed by atoms with Gasteiger partial charge in [0.25, 0.3) is 0 Å². The Labute approximate surface area is 226 Å². The molecule has 206 valence electrons. The van der Waals surface area contributed by atoms with Gasteiger partial charge in [-0.05, 0) is 67.5 Å². The number of piperidine rings is 1. The van der Waals surface area contributed by atoms with Crippen LogP contribution in [0, 0.1) is 18.9 Å². The fourth-order valence-corrected chi connectivity index (χ4v) is 6.62. The summed E-state index contributed by atoms with van der Waals surface area (Å²) >= 11 is 0. The Bertz CT molecular complexity index is 1660. The van der Waals surface area contributed by atoms with Crippen LogP contribution in [-0.2, 0) is 29.4 Å². The van der Waals surface area contributed by atoms with Crippen LogP contribution in [0.15, 0.2) is 28.7 Å². The van der Waals surface area contributed by atoms with Crippen LogP contribution >= 0.6 is 0 Å². The summed E-state index contributed by atoms with van der Waals surface area (Å²) in [5, 5.41) is 0. The zero-order valence-electron chi connectivity index (χ0n) is 22.0. The van der Waals surface area contributed by atoms with Gasteiger partial charge in [-0.1, -0.05) is 0 Å². The molecule has 10 nitrogen and oxygen atoms in total. The van der Waals surface area contributed by atoms with Gasteiger partial charge in [0.1, 0.15) is 23.1 Å². The maximum Gasteiger partial charge on any atom is 0.312 e. The second kappa shape index (κ2) is 9.91. The maximum absolute atomic E-state index is 14.3. The molecular weight excluding hydrogens is 523 g/mol. The van der Waals surface area contributed by atoms with E-state index >= 15 is 0 Å². The third-order valence-electron chi connectivity index (χ3n) is 7.65. The second-order valence-corrected chi connectivity index (χ2v) is 12.4. The molecule has 4 aromatic rings. The van der Waals surface area contributed by atoms with E-state index in [1.165, 1.54) is 10.6 Å². The number of fused-ring (bicyclic) bond motifs is 2. The number of hydrogen-bond acceptors (Lipinski definition) is 8. The molecule has 1 fully saturated rings. The Hall–Kier alpha value is -3.51. The number of sulfonamides is 1. The molecular formula is C27H31FN6O4S. The van der Waals surface area contributed by atoms with Crippen molar-refractivity contribution in [3.05, 3.63) is 53.1 Å². The molecule has 12 heteroatoms. The fourth-order valence-electron chi connectivity index (χ4n) is 5.68. The number of halogens is 1. The normalized spacial score (nSPS) is 18.0. The third kappa shape index (κ3) is 5.10. The van der Waals surface area contributed by atoms with Gasteiger partial charge in [0.05, 0.1) is 12.9 Å². The summed E-state index contributed by atoms with van der Waals surface area (Å²) in [6, 6.07) is 8.02. The molecule has 1 aromatic carbocycles. The summed E-state index contributed by atoms with van der Waals surface area (Å²) in [6.45, 7) is 4.03. The van der Waals surface area contributed by atoms with Crippen molar-refractivity contribution in [2.45, 2.75) is 45.6 Å². The first-order valence-electron chi connectivity index (χ1n) is 13.1. The molecule has 0 saturated carbocycles. The molecule has 0 aliphatic carbocycles. The minimum Gasteiger partial charge on any atom is -0.493 e. The molecule has 5 heterocycles. The Morgan fingerprint density at radius 3 is 2.82 bits per heavy atom. The van der Waals surface area contributed by atoms with E-state index in [1.807, 2.05) is 29.7 Å². The molecule has 2 N–H and O–H groups in total. The zero-order valence-corrected chi connectivity index (χ0v) is 22.8. The summed E-state index contributed by atoms with van der Waals surface area (Å²) in [4.78, 5) is 12.5. The highest BCUT2D eigenvalue weighted by molar-refractivity contribution is 7.88. The van der Waals surface area contributed by atoms with Gasteiger partial charge < -0.3 is 19.5 Å². The van der Waals surface area contributed by atoms with Gasteiger partial charge in [0.15, 0.2) is 17.0 Å². The van der Waals surface area contributed by atoms with Gasteiger partial charge in [-0.2, -0.15) is 14.4 Å². The summed E-state index contributed by atoms with van der Waals surface area (Å²) in [6.07, 6.45) is 3.99. The van der Waals surface area contributed by atoms with Crippen LogP contribution < -0.4 is 10.5 Å². The number of hydrogen-bond donors (Lipinski definition) is 1. The Kier molecular flexibility index (Phi) is 6.54. The molecule has 1 atom stereocenters. The van der Waals surface area contributed by atoms with Crippen molar-refractivity contribution in [3.63, 3.8) is 0 Å². The molecule has 1 saturated heterocycles. The number of ether oxygens (including phenoxy) is 1. The van der Waals surface area contributed by atoms with Gasteiger partial charge in [-0.3, -0.25) is 0 Å². The number of nitrogens with zero attached hydrogens (tertiary/aromatic N) is 5. The van der Waals surface area contributed by atoms with Gasteiger partial charge in [-0.25, -0.2) is 17.7 Å². The number of nitrogens with two attached hydrogens (primary N) is 1. The lowest BCUT2D eigenvalue weighted by Crippen LogP contribution is -2.39. The molecule has 2 aliphatic rings. The fraction of sp³-hybridized carbons (Fsp3) is 0.444. The molecule has 2 aliphatic heterocycles. The summed E-state index contributed by atoms with van der Waals surface area (Å²) in [5.41, 5.74) is 9.77. The zero-order chi connectivity index (χ0) is 27.3. The largest absolute Gasteiger partial charge is 0.493 e. The predicted molar refractivity (Wildman–Crippen MR) is 144 cm³/mol. The minimum atomic E-state index is -3.25. The highest BCUT2D eigenvalue weighted by atomic mass is 32.2. The summed E-state index contributed by atoms with van der Waals surface area (Å²) < 4.78 is 53.8. The molecule has 0 bridgehead atoms. The lowest BCUT2D eigenvalue weighted by molar-refractivity contribution is 0.250. The monoisotopic (exact) mass is 554 g/mol. The number of benzene rings is 1. The van der Waals surface area contributed by atoms with Gasteiger partial charge >= 0.3 is 6.08 Å². The van der Waals surface area contributed by atoms with Crippen LogP contribution in [0.3, 0.4) is 0 Å². The highest BCUT2D eigenvalue weighted by Crippen LogP contribution is 2.36. The van der Waals surface area contributed by atoms with Crippen molar-refractivity contribution in [1.82, 2.24) is 23.8 Å². The highest BCUT2D eigenvalue weighted by Gasteiger charge is 2.27. The Balaban J connectivity index is 1.38. The first-order valence-corrected chi connectivity index (χ1v) is 15.0. The number of nitrogen functional groups attached to an aromatic ring is 1. The second-order valence-electron chi connectivity index (χ2n) is 10.5. The van der Waals surface area contributed by atoms with Crippen LogP contribution in [0.4, 0.5) is 10.2 Å². The van der Waals surface area contributed by atoms with Crippen molar-refractivity contribution >= 4 is 27.0 Å². The van der Waals surface area contributed by atoms with E-state index in [0.29, 0.717) is 56.1 Å². The Morgan fingerprint density at radius 2 is 2.05 bits per heavy atom. The SMILES string of the molecule is Cc1ccc(-c2cc3c(cc2Cc2nc4c(N)nc(F)nc4n2CCC2CCCN(S(C)(=O)=O)C2)OCC3)o1. The van der Waals surface area contributed by atoms with Crippen LogP contribution in [0.1, 0.15) is 42.0 Å². The van der Waals surface area contributed by atoms with E-state index in [-0.39, 0.29) is 11.7 Å². The van der Waals surface area contributed by atoms with Crippen molar-refractivity contribution < 1.29 is 22.0 Å². The molecule has 1 unspecified atom stereocenters. The number of rotatable bonds is 7. The maximum atomic E-state index is 14.3. The molecule has 0 radical (unpaired) electrons. The Morgan fingerprint density at radius 1 is 1.21 bits per heavy atom. The van der Waals surface area contributed by atoms with E-state index in [1.54, 1.807) is 0 Å². The van der Waals surface area contributed by atoms with Crippen molar-refractivity contribution in [2.24, 2.45) is 5.92 Å². The van der Waals surface area contributed by atoms with Crippen LogP contribution in [0.5, 0.6) is 5.75 Å². The predicted octanol–water partition coefficient (Wildman–Crippen LogP) is 3.70. The van der Waals surface area contributed by atoms with E-state index < -0.39 is 16.1 Å². The topological polar surface area (TPSA) is 129 Å². The van der Waals surface area contributed by atoms with Crippen LogP contribution in [0.2, 0.25) is 0 Å². The number of aromatic nitrogens is 4. The lowest BCUT2D eigenvalue weighted by atomic mass is 9.96. The van der Waals surface area contributed by atoms with E-state index in [2.05, 4.69) is 16.0 Å². The third-order valence-corrected chi connectivity index (χ3v) is 8.92. The quantitative estimate of drug-likeness (QED) is 0.342. The number of anilines is 1. The van der Waals surface area contributed by atoms with Gasteiger partial charge in [0, 0.05) is 38.0 Å². The molecule has 39 heavy (non-hydrogen) atoms. The standard InChI is InChI=1S/C27H31FN6O4S/c1-16-5-6-21(38-16)20-12-18-8-11-37-22(18)13-19(20)14-23-30-24-25(29)31-27(28)32-26(24)34(23)10-7-17-4-3-9-33(15-17)39(2,35)36/h5-6,12-13,17H,3-4,7-11,14-15H2,1-2H3,(H2,29,31,32). The summed E-state index contributed by atoms with van der Waals surface area (Å²) in [7, 11) is -3.25. The van der Waals surface area contributed by atoms with Crippen molar-refractivity contribution in [3.8, 4) is 17.1 Å². The molecule has 3 aromatic heterocycles. The van der Waals surface area contributed by atoms with E-state index in [0.717, 1.165) is 53.2 Å². The smallest absolute Gasteiger partial charge is 0.312 e. The van der Waals surface area contributed by atoms with Gasteiger partial charge in [-0.15, -0.1) is 0 Å². The van der Waals surface area contributed by atoms with Crippen molar-refractivity contribution in [2.75, 3.05) is 31.7 Å². The minimum absolute atomic E-state index is 0.0161. The number of imidazole rings is 1. The molecule has 0 amide bonds. The first-order chi connectivity index (χ1) is 18.7. The van der Waals surface area contributed by atoms with Crippen LogP contribution in [-0.4, -0.2) is 58.2 Å².